The van der Waals surface area contributed by atoms with Crippen LogP contribution in [0.2, 0.25) is 0 Å². The largest absolute Gasteiger partial charge is 0.465 e. The van der Waals surface area contributed by atoms with Gasteiger partial charge in [0.1, 0.15) is 0 Å². The summed E-state index contributed by atoms with van der Waals surface area (Å²) in [6, 6.07) is 0.283. The molecule has 1 rings (SSSR count). The third-order valence-electron chi connectivity index (χ3n) is 3.78. The number of carboxylic acid groups (broad SMARTS) is 1. The molecule has 0 aromatic heterocycles. The van der Waals surface area contributed by atoms with Crippen LogP contribution in [0.15, 0.2) is 11.6 Å². The van der Waals surface area contributed by atoms with Crippen LogP contribution in [0.1, 0.15) is 34.1 Å². The zero-order valence-electron chi connectivity index (χ0n) is 12.0. The Balaban J connectivity index is 2.49. The van der Waals surface area contributed by atoms with E-state index in [9.17, 15) is 4.79 Å². The number of hydrogen-bond donors (Lipinski definition) is 1. The molecular formula is C14H26N2O2. The molecular weight excluding hydrogens is 228 g/mol. The third-order valence-corrected chi connectivity index (χ3v) is 3.78. The number of hydrogen-bond acceptors (Lipinski definition) is 2. The van der Waals surface area contributed by atoms with Crippen LogP contribution in [0, 0.1) is 5.92 Å². The van der Waals surface area contributed by atoms with Crippen molar-refractivity contribution in [2.24, 2.45) is 5.92 Å². The molecule has 0 spiro atoms. The van der Waals surface area contributed by atoms with Gasteiger partial charge in [0.25, 0.3) is 0 Å². The highest BCUT2D eigenvalue weighted by atomic mass is 16.4. The Morgan fingerprint density at radius 3 is 2.56 bits per heavy atom. The lowest BCUT2D eigenvalue weighted by Gasteiger charge is -2.34. The number of nitrogens with zero attached hydrogens (tertiary/aromatic N) is 2. The summed E-state index contributed by atoms with van der Waals surface area (Å²) in [4.78, 5) is 14.8. The monoisotopic (exact) mass is 254 g/mol. The molecule has 0 aromatic carbocycles. The number of likely N-dealkylation sites (N-methyl/N-ethyl adjacent to an activating group) is 1. The maximum absolute atomic E-state index is 11.0. The van der Waals surface area contributed by atoms with Gasteiger partial charge in [0.05, 0.1) is 0 Å². The van der Waals surface area contributed by atoms with E-state index in [1.165, 1.54) is 10.5 Å². The molecule has 0 aliphatic carbocycles. The average molecular weight is 254 g/mol. The quantitative estimate of drug-likeness (QED) is 0.767. The fraction of sp³-hybridized carbons (Fsp3) is 0.786. The Kier molecular flexibility index (Phi) is 5.66. The molecule has 104 valence electrons. The standard InChI is InChI=1S/C14H26N2O2/c1-5-15(14(17)18)10-12(4)16-8-6-13(7-9-16)11(2)3/h6,11-12H,5,7-10H2,1-4H3,(H,17,18). The van der Waals surface area contributed by atoms with Crippen molar-refractivity contribution in [1.82, 2.24) is 9.80 Å². The van der Waals surface area contributed by atoms with E-state index in [0.717, 1.165) is 19.5 Å². The summed E-state index contributed by atoms with van der Waals surface area (Å²) in [5.41, 5.74) is 1.53. The maximum Gasteiger partial charge on any atom is 0.407 e. The Hall–Kier alpha value is -1.03. The van der Waals surface area contributed by atoms with Gasteiger partial charge in [-0.2, -0.15) is 0 Å². The van der Waals surface area contributed by atoms with E-state index >= 15 is 0 Å². The number of amides is 1. The molecule has 4 nitrogen and oxygen atoms in total. The van der Waals surface area contributed by atoms with Crippen LogP contribution in [0.25, 0.3) is 0 Å². The van der Waals surface area contributed by atoms with Crippen LogP contribution in [0.3, 0.4) is 0 Å². The smallest absolute Gasteiger partial charge is 0.407 e. The molecule has 0 aromatic rings. The van der Waals surface area contributed by atoms with Gasteiger partial charge in [0, 0.05) is 32.2 Å². The lowest BCUT2D eigenvalue weighted by Crippen LogP contribution is -2.45. The second-order valence-corrected chi connectivity index (χ2v) is 5.35. The van der Waals surface area contributed by atoms with Gasteiger partial charge in [-0.25, -0.2) is 4.79 Å². The average Bonchev–Trinajstić information content (AvgIpc) is 2.35. The van der Waals surface area contributed by atoms with Crippen LogP contribution >= 0.6 is 0 Å². The van der Waals surface area contributed by atoms with Crippen LogP contribution in [0.4, 0.5) is 4.79 Å². The van der Waals surface area contributed by atoms with Crippen molar-refractivity contribution in [2.45, 2.75) is 40.2 Å². The summed E-state index contributed by atoms with van der Waals surface area (Å²) < 4.78 is 0. The van der Waals surface area contributed by atoms with E-state index < -0.39 is 6.09 Å². The van der Waals surface area contributed by atoms with Crippen molar-refractivity contribution < 1.29 is 9.90 Å². The molecule has 0 radical (unpaired) electrons. The van der Waals surface area contributed by atoms with E-state index in [4.69, 9.17) is 5.11 Å². The minimum absolute atomic E-state index is 0.283. The molecule has 0 saturated heterocycles. The van der Waals surface area contributed by atoms with E-state index in [1.54, 1.807) is 0 Å². The van der Waals surface area contributed by atoms with E-state index in [1.807, 2.05) is 6.92 Å². The highest BCUT2D eigenvalue weighted by molar-refractivity contribution is 5.64. The lowest BCUT2D eigenvalue weighted by molar-refractivity contribution is 0.122. The number of carbonyl (C=O) groups is 1. The molecule has 1 aliphatic heterocycles. The topological polar surface area (TPSA) is 43.8 Å². The fourth-order valence-electron chi connectivity index (χ4n) is 2.40. The van der Waals surface area contributed by atoms with Crippen molar-refractivity contribution in [3.63, 3.8) is 0 Å². The van der Waals surface area contributed by atoms with Gasteiger partial charge < -0.3 is 10.0 Å². The van der Waals surface area contributed by atoms with Gasteiger partial charge in [-0.15, -0.1) is 0 Å². The van der Waals surface area contributed by atoms with E-state index in [0.29, 0.717) is 19.0 Å². The van der Waals surface area contributed by atoms with Gasteiger partial charge in [0.2, 0.25) is 0 Å². The van der Waals surface area contributed by atoms with Gasteiger partial charge in [-0.05, 0) is 26.2 Å². The zero-order valence-corrected chi connectivity index (χ0v) is 12.0. The SMILES string of the molecule is CCN(CC(C)N1CC=C(C(C)C)CC1)C(=O)O. The fourth-order valence-corrected chi connectivity index (χ4v) is 2.40. The Morgan fingerprint density at radius 2 is 2.17 bits per heavy atom. The maximum atomic E-state index is 11.0. The summed E-state index contributed by atoms with van der Waals surface area (Å²) >= 11 is 0. The lowest BCUT2D eigenvalue weighted by atomic mass is 9.96. The second kappa shape index (κ2) is 6.78. The van der Waals surface area contributed by atoms with Crippen molar-refractivity contribution in [1.29, 1.82) is 0 Å². The zero-order chi connectivity index (χ0) is 13.7. The predicted octanol–water partition coefficient (Wildman–Crippen LogP) is 2.66. The molecule has 0 bridgehead atoms. The summed E-state index contributed by atoms with van der Waals surface area (Å²) in [6.07, 6.45) is 2.60. The van der Waals surface area contributed by atoms with E-state index in [-0.39, 0.29) is 6.04 Å². The molecule has 0 fully saturated rings. The minimum Gasteiger partial charge on any atom is -0.465 e. The van der Waals surface area contributed by atoms with Crippen molar-refractivity contribution >= 4 is 6.09 Å². The molecule has 1 amide bonds. The molecule has 4 heteroatoms. The molecule has 1 heterocycles. The van der Waals surface area contributed by atoms with Crippen LogP contribution in [-0.4, -0.2) is 53.2 Å². The van der Waals surface area contributed by atoms with Gasteiger partial charge in [0.15, 0.2) is 0 Å². The molecule has 1 N–H and O–H groups in total. The van der Waals surface area contributed by atoms with Crippen molar-refractivity contribution in [3.05, 3.63) is 11.6 Å². The summed E-state index contributed by atoms with van der Waals surface area (Å²) in [5, 5.41) is 9.03. The normalized spacial score (nSPS) is 18.6. The van der Waals surface area contributed by atoms with E-state index in [2.05, 4.69) is 31.7 Å². The highest BCUT2D eigenvalue weighted by Gasteiger charge is 2.21. The summed E-state index contributed by atoms with van der Waals surface area (Å²) in [7, 11) is 0. The summed E-state index contributed by atoms with van der Waals surface area (Å²) in [6.45, 7) is 11.6. The Labute approximate surface area is 110 Å². The molecule has 1 atom stereocenters. The molecule has 1 unspecified atom stereocenters. The summed E-state index contributed by atoms with van der Waals surface area (Å²) in [5.74, 6) is 0.633. The first-order valence-corrected chi connectivity index (χ1v) is 6.86. The minimum atomic E-state index is -0.820. The van der Waals surface area contributed by atoms with Gasteiger partial charge in [-0.3, -0.25) is 4.90 Å². The first-order chi connectivity index (χ1) is 8.45. The Bertz CT molecular complexity index is 313. The molecule has 0 saturated carbocycles. The van der Waals surface area contributed by atoms with Crippen LogP contribution < -0.4 is 0 Å². The molecule has 1 aliphatic rings. The van der Waals surface area contributed by atoms with Crippen LogP contribution in [-0.2, 0) is 0 Å². The first kappa shape index (κ1) is 15.0. The number of rotatable bonds is 5. The first-order valence-electron chi connectivity index (χ1n) is 6.86. The van der Waals surface area contributed by atoms with Crippen molar-refractivity contribution in [3.8, 4) is 0 Å². The highest BCUT2D eigenvalue weighted by Crippen LogP contribution is 2.20. The van der Waals surface area contributed by atoms with Crippen molar-refractivity contribution in [2.75, 3.05) is 26.2 Å². The molecule has 18 heavy (non-hydrogen) atoms. The van der Waals surface area contributed by atoms with Gasteiger partial charge in [-0.1, -0.05) is 25.5 Å². The second-order valence-electron chi connectivity index (χ2n) is 5.35. The Morgan fingerprint density at radius 1 is 1.50 bits per heavy atom. The van der Waals surface area contributed by atoms with Gasteiger partial charge >= 0.3 is 6.09 Å². The third kappa shape index (κ3) is 4.02. The predicted molar refractivity (Wildman–Crippen MR) is 73.8 cm³/mol. The van der Waals surface area contributed by atoms with Crippen LogP contribution in [0.5, 0.6) is 0 Å².